The molecule has 0 spiro atoms. The van der Waals surface area contributed by atoms with Crippen LogP contribution in [0.4, 0.5) is 0 Å². The van der Waals surface area contributed by atoms with Gasteiger partial charge in [-0.25, -0.2) is 0 Å². The van der Waals surface area contributed by atoms with Crippen LogP contribution in [0.15, 0.2) is 0 Å². The number of hydrogen-bond donors (Lipinski definition) is 0. The van der Waals surface area contributed by atoms with Crippen LogP contribution in [0, 0.1) is 41.7 Å². The van der Waals surface area contributed by atoms with Gasteiger partial charge >= 0.3 is 0 Å². The van der Waals surface area contributed by atoms with Gasteiger partial charge in [-0.15, -0.1) is 0 Å². The Morgan fingerprint density at radius 1 is 1.00 bits per heavy atom. The predicted molar refractivity (Wildman–Crippen MR) is 9.94 cm³/mol. The molecule has 0 aliphatic carbocycles. The van der Waals surface area contributed by atoms with Crippen molar-refractivity contribution >= 4 is 17.4 Å². The molecule has 4 heteroatoms. The van der Waals surface area contributed by atoms with Crippen LogP contribution >= 0.6 is 0 Å². The summed E-state index contributed by atoms with van der Waals surface area (Å²) < 4.78 is 0. The van der Waals surface area contributed by atoms with Crippen molar-refractivity contribution in [1.29, 1.82) is 0 Å². The molecule has 0 rings (SSSR count). The van der Waals surface area contributed by atoms with E-state index in [2.05, 4.69) is 0 Å². The average Bonchev–Trinajstić information content (AvgIpc) is 0. The Balaban J connectivity index is 0. The number of rotatable bonds is 0. The quantitative estimate of drug-likeness (QED) is 0.490. The topological polar surface area (TPSA) is 0 Å². The van der Waals surface area contributed by atoms with Crippen LogP contribution in [0.5, 0.6) is 0 Å². The predicted octanol–water partition coefficient (Wildman–Crippen LogP) is -1.19. The van der Waals surface area contributed by atoms with Gasteiger partial charge in [0.1, 0.15) is 0 Å². The van der Waals surface area contributed by atoms with Crippen LogP contribution in [-0.4, -0.2) is 17.4 Å². The Hall–Kier alpha value is 2.95. The molecule has 0 amide bonds. The van der Waals surface area contributed by atoms with E-state index in [-0.39, 0.29) is 93.2 Å². The summed E-state index contributed by atoms with van der Waals surface area (Å²) in [5.41, 5.74) is 0. The molecule has 0 aliphatic heterocycles. The first-order valence-electron chi connectivity index (χ1n) is 0. The van der Waals surface area contributed by atoms with Crippen molar-refractivity contribution in [3.8, 4) is 0 Å². The zero-order valence-electron chi connectivity index (χ0n) is 1.23. The minimum absolute atomic E-state index is 0. The summed E-state index contributed by atoms with van der Waals surface area (Å²) in [6.45, 7) is 0. The number of hydrogen-bond acceptors (Lipinski definition) is 0. The fourth-order valence-corrected chi connectivity index (χ4v) is 0. The van der Waals surface area contributed by atoms with Gasteiger partial charge in [-0.3, -0.25) is 0 Å². The summed E-state index contributed by atoms with van der Waals surface area (Å²) in [5, 5.41) is 0. The van der Waals surface area contributed by atoms with Gasteiger partial charge in [0.15, 0.2) is 17.4 Å². The second-order valence-electron chi connectivity index (χ2n) is 0. The Bertz CT molecular complexity index is 8.00. The monoisotopic (exact) mass is 281 g/mol. The molecule has 0 aromatic carbocycles. The molecule has 0 N–H and O–H groups in total. The summed E-state index contributed by atoms with van der Waals surface area (Å²) in [4.78, 5) is 0. The first kappa shape index (κ1) is 28.3. The third-order valence-electron chi connectivity index (χ3n) is 0. The molecule has 0 unspecified atom stereocenters. The maximum atomic E-state index is 0. The van der Waals surface area contributed by atoms with Crippen LogP contribution in [0.25, 0.3) is 0 Å². The van der Waals surface area contributed by atoms with Crippen LogP contribution in [0.2, 0.25) is 0 Å². The molecular weight excluding hydrogens is 278 g/mol. The molecule has 0 heterocycles. The molecule has 25 valence electrons. The minimum Gasteiger partial charge on any atom is 0 e. The Morgan fingerprint density at radius 2 is 1.00 bits per heavy atom. The van der Waals surface area contributed by atoms with Crippen molar-refractivity contribution in [2.45, 2.75) is 0 Å². The second kappa shape index (κ2) is 16.8. The minimum atomic E-state index is 0. The van der Waals surface area contributed by atoms with Gasteiger partial charge in [0.05, 0.1) is 0 Å². The van der Waals surface area contributed by atoms with E-state index >= 15 is 0 Å². The van der Waals surface area contributed by atoms with E-state index in [1.807, 2.05) is 0 Å². The van der Waals surface area contributed by atoms with Gasteiger partial charge in [-0.05, 0) is 0 Å². The smallest absolute Gasteiger partial charge is 0 e. The maximum absolute atomic E-state index is 0. The summed E-state index contributed by atoms with van der Waals surface area (Å²) in [6, 6.07) is 0. The second-order valence-corrected chi connectivity index (χ2v) is 0. The summed E-state index contributed by atoms with van der Waals surface area (Å²) in [7, 11) is 0. The first-order valence-corrected chi connectivity index (χ1v) is 0. The zero-order valence-corrected chi connectivity index (χ0v) is 6.66. The molecule has 0 fully saturated rings. The van der Waals surface area contributed by atoms with E-state index < -0.39 is 0 Å². The largest absolute Gasteiger partial charge is 0.187 e. The molecule has 1 radical (unpaired) electrons. The average molecular weight is 281 g/mol. The molecule has 0 saturated heterocycles. The molecule has 0 saturated carbocycles. The summed E-state index contributed by atoms with van der Waals surface area (Å²) in [5.74, 6) is 0. The van der Waals surface area contributed by atoms with Crippen molar-refractivity contribution in [1.82, 2.24) is 0 Å². The fraction of sp³-hybridized carbons (Fsp3) is 0. The summed E-state index contributed by atoms with van der Waals surface area (Å²) in [6.07, 6.45) is 0. The van der Waals surface area contributed by atoms with Gasteiger partial charge in [0.2, 0.25) is 0 Å². The van der Waals surface area contributed by atoms with Gasteiger partial charge in [0.25, 0.3) is 0 Å². The van der Waals surface area contributed by atoms with E-state index in [4.69, 9.17) is 0 Å². The van der Waals surface area contributed by atoms with Crippen molar-refractivity contribution in [3.05, 3.63) is 0 Å². The molecule has 0 nitrogen and oxygen atoms in total. The molecule has 0 bridgehead atoms. The van der Waals surface area contributed by atoms with Crippen LogP contribution in [0.1, 0.15) is 0 Å². The fourth-order valence-electron chi connectivity index (χ4n) is 0. The van der Waals surface area contributed by atoms with Crippen LogP contribution in [-0.2, 0) is 34.1 Å². The Labute approximate surface area is 91.3 Å². The van der Waals surface area contributed by atoms with E-state index in [1.165, 1.54) is 0 Å². The van der Waals surface area contributed by atoms with E-state index in [0.29, 0.717) is 0 Å². The Morgan fingerprint density at radius 3 is 1.00 bits per heavy atom. The Kier molecular flexibility index (Phi) is 118. The van der Waals surface area contributed by atoms with Gasteiger partial charge in [0, 0.05) is 75.9 Å². The maximum Gasteiger partial charge on any atom is 0.187 e. The van der Waals surface area contributed by atoms with Gasteiger partial charge < -0.3 is 0 Å². The van der Waals surface area contributed by atoms with Gasteiger partial charge in [-0.2, -0.15) is 0 Å². The zero-order chi connectivity index (χ0) is 0. The van der Waals surface area contributed by atoms with Crippen LogP contribution in [0.3, 0.4) is 0 Å². The van der Waals surface area contributed by atoms with Crippen molar-refractivity contribution in [2.75, 3.05) is 0 Å². The van der Waals surface area contributed by atoms with E-state index in [1.54, 1.807) is 0 Å². The third kappa shape index (κ3) is 8.87. The summed E-state index contributed by atoms with van der Waals surface area (Å²) >= 11 is 0. The van der Waals surface area contributed by atoms with Gasteiger partial charge in [-0.1, -0.05) is 0 Å². The third-order valence-corrected chi connectivity index (χ3v) is 0. The molecule has 4 heavy (non-hydrogen) atoms. The molecule has 0 atom stereocenters. The van der Waals surface area contributed by atoms with Crippen molar-refractivity contribution in [2.24, 2.45) is 0 Å². The molecule has 0 aliphatic rings. The standard InChI is InChI=1S/Al.Ce.Fe.Mn.3H. The first-order chi connectivity index (χ1) is 0. The van der Waals surface area contributed by atoms with Crippen LogP contribution < -0.4 is 0 Å². The van der Waals surface area contributed by atoms with Crippen molar-refractivity contribution in [3.63, 3.8) is 0 Å². The molecule has 0 aromatic rings. The normalized spacial score (nSPS) is 0. The SMILES string of the molecule is [AlH3].[Ce].[Fe].[Mn]. The molecule has 0 aromatic heterocycles. The van der Waals surface area contributed by atoms with Crippen molar-refractivity contribution < 1.29 is 75.9 Å². The van der Waals surface area contributed by atoms with E-state index in [0.717, 1.165) is 0 Å². The van der Waals surface area contributed by atoms with E-state index in [9.17, 15) is 0 Å². The molecular formula is H3AlCeFeMn.